The molecule has 0 saturated heterocycles. The van der Waals surface area contributed by atoms with E-state index in [0.29, 0.717) is 0 Å². The van der Waals surface area contributed by atoms with Gasteiger partial charge in [0, 0.05) is 4.88 Å². The fourth-order valence-electron chi connectivity index (χ4n) is 2.42. The molecule has 3 heteroatoms. The molecule has 1 aromatic carbocycles. The van der Waals surface area contributed by atoms with Crippen LogP contribution in [-0.4, -0.2) is 14.2 Å². The van der Waals surface area contributed by atoms with Gasteiger partial charge in [0.1, 0.15) is 5.75 Å². The van der Waals surface area contributed by atoms with E-state index >= 15 is 0 Å². The molecule has 0 radical (unpaired) electrons. The molecule has 0 spiro atoms. The molecule has 2 nitrogen and oxygen atoms in total. The first-order chi connectivity index (χ1) is 9.21. The van der Waals surface area contributed by atoms with E-state index in [2.05, 4.69) is 42.7 Å². The van der Waals surface area contributed by atoms with Gasteiger partial charge in [-0.2, -0.15) is 0 Å². The first-order valence-corrected chi connectivity index (χ1v) is 7.47. The van der Waals surface area contributed by atoms with Crippen LogP contribution in [0, 0.1) is 6.92 Å². The Labute approximate surface area is 119 Å². The molecule has 1 heterocycles. The zero-order valence-electron chi connectivity index (χ0n) is 12.0. The van der Waals surface area contributed by atoms with Crippen LogP contribution in [0.3, 0.4) is 0 Å². The van der Waals surface area contributed by atoms with Crippen molar-refractivity contribution in [3.63, 3.8) is 0 Å². The summed E-state index contributed by atoms with van der Waals surface area (Å²) in [4.78, 5) is 1.41. The van der Waals surface area contributed by atoms with Crippen LogP contribution < -0.4 is 10.1 Å². The maximum Gasteiger partial charge on any atom is 0.121 e. The van der Waals surface area contributed by atoms with Gasteiger partial charge in [0.05, 0.1) is 13.2 Å². The zero-order valence-corrected chi connectivity index (χ0v) is 12.8. The molecule has 1 aromatic heterocycles. The van der Waals surface area contributed by atoms with E-state index in [1.54, 1.807) is 7.11 Å². The predicted molar refractivity (Wildman–Crippen MR) is 82.3 cm³/mol. The fraction of sp³-hybridized carbons (Fsp3) is 0.375. The third-order valence-corrected chi connectivity index (χ3v) is 4.49. The van der Waals surface area contributed by atoms with E-state index in [1.807, 2.05) is 24.5 Å². The van der Waals surface area contributed by atoms with Gasteiger partial charge < -0.3 is 10.1 Å². The lowest BCUT2D eigenvalue weighted by atomic mass is 9.99. The first kappa shape index (κ1) is 14.1. The largest absolute Gasteiger partial charge is 0.496 e. The Hall–Kier alpha value is -1.32. The summed E-state index contributed by atoms with van der Waals surface area (Å²) < 4.78 is 5.33. The Morgan fingerprint density at radius 3 is 2.68 bits per heavy atom. The molecule has 1 unspecified atom stereocenters. The monoisotopic (exact) mass is 275 g/mol. The number of hydrogen-bond acceptors (Lipinski definition) is 3. The summed E-state index contributed by atoms with van der Waals surface area (Å²) in [7, 11) is 3.73. The van der Waals surface area contributed by atoms with Gasteiger partial charge in [-0.3, -0.25) is 0 Å². The van der Waals surface area contributed by atoms with Crippen LogP contribution in [0.25, 0.3) is 0 Å². The molecule has 2 aromatic rings. The molecule has 0 bridgehead atoms. The van der Waals surface area contributed by atoms with E-state index in [9.17, 15) is 0 Å². The smallest absolute Gasteiger partial charge is 0.121 e. The molecular formula is C16H21NOS. The van der Waals surface area contributed by atoms with Crippen molar-refractivity contribution in [2.24, 2.45) is 0 Å². The molecule has 19 heavy (non-hydrogen) atoms. The molecule has 2 rings (SSSR count). The van der Waals surface area contributed by atoms with Gasteiger partial charge >= 0.3 is 0 Å². The van der Waals surface area contributed by atoms with Gasteiger partial charge in [-0.1, -0.05) is 19.1 Å². The Balaban J connectivity index is 2.40. The molecular weight excluding hydrogens is 254 g/mol. The minimum atomic E-state index is 0.263. The molecule has 0 saturated carbocycles. The maximum absolute atomic E-state index is 5.33. The molecule has 102 valence electrons. The lowest BCUT2D eigenvalue weighted by molar-refractivity contribution is 0.411. The van der Waals surface area contributed by atoms with Crippen LogP contribution in [0.2, 0.25) is 0 Å². The second-order valence-corrected chi connectivity index (χ2v) is 5.56. The Kier molecular flexibility index (Phi) is 4.61. The lowest BCUT2D eigenvalue weighted by Crippen LogP contribution is -2.17. The highest BCUT2D eigenvalue weighted by Gasteiger charge is 2.17. The van der Waals surface area contributed by atoms with E-state index in [1.165, 1.54) is 21.6 Å². The molecule has 1 atom stereocenters. The first-order valence-electron chi connectivity index (χ1n) is 6.59. The number of thiophene rings is 1. The van der Waals surface area contributed by atoms with Crippen LogP contribution in [0.4, 0.5) is 0 Å². The number of rotatable bonds is 5. The standard InChI is InChI=1S/C16H21NOS/c1-5-12-8-9-19-16(12)15(17-3)13-6-7-14(18-4)11(2)10-13/h6-10,15,17H,5H2,1-4H3. The summed E-state index contributed by atoms with van der Waals surface area (Å²) in [6, 6.07) is 8.89. The van der Waals surface area contributed by atoms with E-state index in [0.717, 1.165) is 12.2 Å². The SMILES string of the molecule is CCc1ccsc1C(NC)c1ccc(OC)c(C)c1. The fourth-order valence-corrected chi connectivity index (χ4v) is 3.56. The topological polar surface area (TPSA) is 21.3 Å². The van der Waals surface area contributed by atoms with Crippen LogP contribution in [0.5, 0.6) is 5.75 Å². The number of hydrogen-bond donors (Lipinski definition) is 1. The third-order valence-electron chi connectivity index (χ3n) is 3.46. The second-order valence-electron chi connectivity index (χ2n) is 4.61. The zero-order chi connectivity index (χ0) is 13.8. The van der Waals surface area contributed by atoms with Gasteiger partial charge in [0.2, 0.25) is 0 Å². The highest BCUT2D eigenvalue weighted by atomic mass is 32.1. The van der Waals surface area contributed by atoms with Crippen LogP contribution in [-0.2, 0) is 6.42 Å². The van der Waals surface area contributed by atoms with Crippen molar-refractivity contribution in [2.75, 3.05) is 14.2 Å². The number of benzene rings is 1. The number of methoxy groups -OCH3 is 1. The normalized spacial score (nSPS) is 12.4. The minimum absolute atomic E-state index is 0.263. The van der Waals surface area contributed by atoms with Crippen molar-refractivity contribution in [3.05, 3.63) is 51.2 Å². The second kappa shape index (κ2) is 6.22. The van der Waals surface area contributed by atoms with Crippen molar-refractivity contribution in [2.45, 2.75) is 26.3 Å². The van der Waals surface area contributed by atoms with Gasteiger partial charge in [0.25, 0.3) is 0 Å². The van der Waals surface area contributed by atoms with Gasteiger partial charge in [-0.25, -0.2) is 0 Å². The van der Waals surface area contributed by atoms with Crippen LogP contribution in [0.1, 0.15) is 34.5 Å². The van der Waals surface area contributed by atoms with Gasteiger partial charge in [0.15, 0.2) is 0 Å². The van der Waals surface area contributed by atoms with Crippen molar-refractivity contribution in [3.8, 4) is 5.75 Å². The molecule has 0 aliphatic rings. The molecule has 0 amide bonds. The average Bonchev–Trinajstić information content (AvgIpc) is 2.88. The van der Waals surface area contributed by atoms with Crippen molar-refractivity contribution < 1.29 is 4.74 Å². The summed E-state index contributed by atoms with van der Waals surface area (Å²) >= 11 is 1.82. The lowest BCUT2D eigenvalue weighted by Gasteiger charge is -2.18. The summed E-state index contributed by atoms with van der Waals surface area (Å²) in [5.74, 6) is 0.945. The minimum Gasteiger partial charge on any atom is -0.496 e. The Morgan fingerprint density at radius 2 is 2.11 bits per heavy atom. The summed E-state index contributed by atoms with van der Waals surface area (Å²) in [5.41, 5.74) is 3.89. The quantitative estimate of drug-likeness (QED) is 0.892. The van der Waals surface area contributed by atoms with E-state index < -0.39 is 0 Å². The van der Waals surface area contributed by atoms with Crippen molar-refractivity contribution >= 4 is 11.3 Å². The van der Waals surface area contributed by atoms with Crippen molar-refractivity contribution in [1.29, 1.82) is 0 Å². The summed E-state index contributed by atoms with van der Waals surface area (Å²) in [6.45, 7) is 4.29. The highest BCUT2D eigenvalue weighted by molar-refractivity contribution is 7.10. The molecule has 1 N–H and O–H groups in total. The third kappa shape index (κ3) is 2.82. The van der Waals surface area contributed by atoms with Crippen LogP contribution in [0.15, 0.2) is 29.6 Å². The predicted octanol–water partition coefficient (Wildman–Crippen LogP) is 3.94. The van der Waals surface area contributed by atoms with E-state index in [4.69, 9.17) is 4.74 Å². The summed E-state index contributed by atoms with van der Waals surface area (Å²) in [5, 5.41) is 5.61. The van der Waals surface area contributed by atoms with Crippen molar-refractivity contribution in [1.82, 2.24) is 5.32 Å². The van der Waals surface area contributed by atoms with Gasteiger partial charge in [-0.05, 0) is 54.6 Å². The molecule has 0 aliphatic carbocycles. The average molecular weight is 275 g/mol. The van der Waals surface area contributed by atoms with E-state index in [-0.39, 0.29) is 6.04 Å². The Bertz CT molecular complexity index is 547. The molecule has 0 fully saturated rings. The highest BCUT2D eigenvalue weighted by Crippen LogP contribution is 2.32. The number of aryl methyl sites for hydroxylation is 2. The Morgan fingerprint density at radius 1 is 1.32 bits per heavy atom. The number of ether oxygens (including phenoxy) is 1. The maximum atomic E-state index is 5.33. The molecule has 0 aliphatic heterocycles. The van der Waals surface area contributed by atoms with Gasteiger partial charge in [-0.15, -0.1) is 11.3 Å². The summed E-state index contributed by atoms with van der Waals surface area (Å²) in [6.07, 6.45) is 1.08. The number of nitrogens with one attached hydrogen (secondary N) is 1. The van der Waals surface area contributed by atoms with Crippen LogP contribution >= 0.6 is 11.3 Å².